The Balaban J connectivity index is 1.86. The van der Waals surface area contributed by atoms with E-state index in [0.29, 0.717) is 31.9 Å². The molecule has 1 saturated heterocycles. The third kappa shape index (κ3) is 5.59. The number of nitrogens with one attached hydrogen (secondary N) is 1. The normalized spacial score (nSPS) is 16.4. The van der Waals surface area contributed by atoms with Crippen LogP contribution in [0, 0.1) is 5.92 Å². The van der Waals surface area contributed by atoms with Gasteiger partial charge >= 0.3 is 6.18 Å². The highest BCUT2D eigenvalue weighted by Gasteiger charge is 2.31. The zero-order chi connectivity index (χ0) is 20.2. The van der Waals surface area contributed by atoms with E-state index in [9.17, 15) is 22.8 Å². The van der Waals surface area contributed by atoms with Crippen LogP contribution in [0.5, 0.6) is 0 Å². The molecule has 1 heterocycles. The Labute approximate surface area is 156 Å². The van der Waals surface area contributed by atoms with Crippen LogP contribution in [0.15, 0.2) is 24.3 Å². The number of anilines is 1. The lowest BCUT2D eigenvalue weighted by atomic mass is 10.1. The monoisotopic (exact) mass is 386 g/mol. The third-order valence-electron chi connectivity index (χ3n) is 4.61. The van der Waals surface area contributed by atoms with Gasteiger partial charge in [-0.15, -0.1) is 0 Å². The van der Waals surface area contributed by atoms with Crippen molar-refractivity contribution in [2.75, 3.05) is 37.6 Å². The molecule has 27 heavy (non-hydrogen) atoms. The second-order valence-corrected chi connectivity index (χ2v) is 6.90. The molecule has 0 aromatic heterocycles. The summed E-state index contributed by atoms with van der Waals surface area (Å²) in [6.45, 7) is 5.10. The number of hydrogen-bond donors (Lipinski definition) is 2. The fourth-order valence-electron chi connectivity index (χ4n) is 2.79. The molecule has 1 atom stereocenters. The molecule has 0 saturated carbocycles. The molecule has 1 fully saturated rings. The number of carbonyl (C=O) groups is 2. The third-order valence-corrected chi connectivity index (χ3v) is 4.61. The molecule has 0 unspecified atom stereocenters. The van der Waals surface area contributed by atoms with Crippen molar-refractivity contribution in [3.8, 4) is 0 Å². The largest absolute Gasteiger partial charge is 0.416 e. The molecule has 0 bridgehead atoms. The van der Waals surface area contributed by atoms with E-state index in [1.54, 1.807) is 11.0 Å². The number of benzene rings is 1. The Morgan fingerprint density at radius 1 is 1.19 bits per heavy atom. The molecule has 3 N–H and O–H groups in total. The molecule has 2 rings (SSSR count). The van der Waals surface area contributed by atoms with Crippen LogP contribution in [0.25, 0.3) is 0 Å². The fourth-order valence-corrected chi connectivity index (χ4v) is 2.79. The van der Waals surface area contributed by atoms with Gasteiger partial charge in [-0.1, -0.05) is 19.9 Å². The van der Waals surface area contributed by atoms with Crippen LogP contribution in [0.2, 0.25) is 0 Å². The van der Waals surface area contributed by atoms with Gasteiger partial charge < -0.3 is 20.9 Å². The van der Waals surface area contributed by atoms with E-state index in [-0.39, 0.29) is 24.3 Å². The fraction of sp³-hybridized carbons (Fsp3) is 0.556. The molecule has 1 aliphatic rings. The van der Waals surface area contributed by atoms with Crippen molar-refractivity contribution in [3.63, 3.8) is 0 Å². The Bertz CT molecular complexity index is 671. The lowest BCUT2D eigenvalue weighted by Gasteiger charge is -2.36. The van der Waals surface area contributed by atoms with Crippen LogP contribution in [-0.4, -0.2) is 55.5 Å². The molecule has 6 nitrogen and oxygen atoms in total. The number of nitrogens with two attached hydrogens (primary N) is 1. The van der Waals surface area contributed by atoms with E-state index in [1.807, 2.05) is 18.7 Å². The van der Waals surface area contributed by atoms with Crippen molar-refractivity contribution in [2.45, 2.75) is 26.1 Å². The second kappa shape index (κ2) is 8.60. The standard InChI is InChI=1S/C18H25F3N4O2/c1-12(2)16(22)17(27)23-11-15(26)25-8-6-24(7-9-25)14-5-3-4-13(10-14)18(19,20)21/h3-5,10,12,16H,6-9,11,22H2,1-2H3,(H,23,27)/t16-/m0/s1. The van der Waals surface area contributed by atoms with Gasteiger partial charge in [-0.25, -0.2) is 0 Å². The number of alkyl halides is 3. The Morgan fingerprint density at radius 2 is 1.81 bits per heavy atom. The van der Waals surface area contributed by atoms with Gasteiger partial charge in [-0.2, -0.15) is 13.2 Å². The minimum atomic E-state index is -4.39. The molecule has 9 heteroatoms. The summed E-state index contributed by atoms with van der Waals surface area (Å²) >= 11 is 0. The van der Waals surface area contributed by atoms with E-state index >= 15 is 0 Å². The van der Waals surface area contributed by atoms with Crippen LogP contribution in [-0.2, 0) is 15.8 Å². The lowest BCUT2D eigenvalue weighted by Crippen LogP contribution is -2.53. The topological polar surface area (TPSA) is 78.7 Å². The summed E-state index contributed by atoms with van der Waals surface area (Å²) in [5.41, 5.74) is 5.51. The molecule has 1 aromatic carbocycles. The highest BCUT2D eigenvalue weighted by molar-refractivity contribution is 5.87. The van der Waals surface area contributed by atoms with Crippen molar-refractivity contribution >= 4 is 17.5 Å². The van der Waals surface area contributed by atoms with E-state index in [1.165, 1.54) is 6.07 Å². The number of hydrogen-bond acceptors (Lipinski definition) is 4. The molecule has 1 aromatic rings. The van der Waals surface area contributed by atoms with Crippen molar-refractivity contribution < 1.29 is 22.8 Å². The first kappa shape index (κ1) is 21.0. The number of piperazine rings is 1. The first-order chi connectivity index (χ1) is 12.6. The van der Waals surface area contributed by atoms with Crippen LogP contribution < -0.4 is 16.0 Å². The van der Waals surface area contributed by atoms with Crippen LogP contribution in [0.1, 0.15) is 19.4 Å². The van der Waals surface area contributed by atoms with Crippen LogP contribution in [0.4, 0.5) is 18.9 Å². The molecule has 150 valence electrons. The molecule has 1 aliphatic heterocycles. The molecular formula is C18H25F3N4O2. The zero-order valence-corrected chi connectivity index (χ0v) is 15.4. The van der Waals surface area contributed by atoms with Crippen LogP contribution in [0.3, 0.4) is 0 Å². The Morgan fingerprint density at radius 3 is 2.37 bits per heavy atom. The zero-order valence-electron chi connectivity index (χ0n) is 15.4. The first-order valence-electron chi connectivity index (χ1n) is 8.83. The van der Waals surface area contributed by atoms with Gasteiger partial charge in [0.15, 0.2) is 0 Å². The molecule has 2 amide bonds. The van der Waals surface area contributed by atoms with Crippen molar-refractivity contribution in [1.29, 1.82) is 0 Å². The Kier molecular flexibility index (Phi) is 6.69. The van der Waals surface area contributed by atoms with Gasteiger partial charge in [-0.3, -0.25) is 9.59 Å². The van der Waals surface area contributed by atoms with E-state index in [4.69, 9.17) is 5.73 Å². The van der Waals surface area contributed by atoms with Gasteiger partial charge in [0.1, 0.15) is 0 Å². The van der Waals surface area contributed by atoms with Gasteiger partial charge in [0, 0.05) is 31.9 Å². The summed E-state index contributed by atoms with van der Waals surface area (Å²) in [7, 11) is 0. The predicted octanol–water partition coefficient (Wildman–Crippen LogP) is 1.45. The predicted molar refractivity (Wildman–Crippen MR) is 96.1 cm³/mol. The highest BCUT2D eigenvalue weighted by Crippen LogP contribution is 2.31. The second-order valence-electron chi connectivity index (χ2n) is 6.90. The number of halogens is 3. The van der Waals surface area contributed by atoms with Crippen molar-refractivity contribution in [1.82, 2.24) is 10.2 Å². The van der Waals surface area contributed by atoms with E-state index < -0.39 is 17.8 Å². The molecule has 0 aliphatic carbocycles. The average Bonchev–Trinajstić information content (AvgIpc) is 2.64. The summed E-state index contributed by atoms with van der Waals surface area (Å²) in [6.07, 6.45) is -4.39. The number of amides is 2. The van der Waals surface area contributed by atoms with Gasteiger partial charge in [-0.05, 0) is 24.1 Å². The average molecular weight is 386 g/mol. The van der Waals surface area contributed by atoms with Gasteiger partial charge in [0.2, 0.25) is 11.8 Å². The summed E-state index contributed by atoms with van der Waals surface area (Å²) in [6, 6.07) is 4.48. The maximum Gasteiger partial charge on any atom is 0.416 e. The SMILES string of the molecule is CC(C)[C@H](N)C(=O)NCC(=O)N1CCN(c2cccc(C(F)(F)F)c2)CC1. The minimum absolute atomic E-state index is 0.0314. The van der Waals surface area contributed by atoms with Crippen LogP contribution >= 0.6 is 0 Å². The summed E-state index contributed by atoms with van der Waals surface area (Å²) < 4.78 is 38.5. The summed E-state index contributed by atoms with van der Waals surface area (Å²) in [4.78, 5) is 27.4. The van der Waals surface area contributed by atoms with Gasteiger partial charge in [0.05, 0.1) is 18.2 Å². The van der Waals surface area contributed by atoms with E-state index in [2.05, 4.69) is 5.32 Å². The van der Waals surface area contributed by atoms with E-state index in [0.717, 1.165) is 12.1 Å². The smallest absolute Gasteiger partial charge is 0.368 e. The number of rotatable bonds is 5. The molecular weight excluding hydrogens is 361 g/mol. The lowest BCUT2D eigenvalue weighted by molar-refractivity contribution is -0.137. The first-order valence-corrected chi connectivity index (χ1v) is 8.83. The number of nitrogens with zero attached hydrogens (tertiary/aromatic N) is 2. The van der Waals surface area contributed by atoms with Gasteiger partial charge in [0.25, 0.3) is 0 Å². The highest BCUT2D eigenvalue weighted by atomic mass is 19.4. The summed E-state index contributed by atoms with van der Waals surface area (Å²) in [5.74, 6) is -0.639. The van der Waals surface area contributed by atoms with Crippen molar-refractivity contribution in [2.24, 2.45) is 11.7 Å². The Hall–Kier alpha value is -2.29. The quantitative estimate of drug-likeness (QED) is 0.803. The summed E-state index contributed by atoms with van der Waals surface area (Å²) in [5, 5.41) is 2.53. The minimum Gasteiger partial charge on any atom is -0.368 e. The molecule has 0 spiro atoms. The number of carbonyl (C=O) groups excluding carboxylic acids is 2. The maximum atomic E-state index is 12.8. The maximum absolute atomic E-state index is 12.8. The molecule has 0 radical (unpaired) electrons. The van der Waals surface area contributed by atoms with Crippen molar-refractivity contribution in [3.05, 3.63) is 29.8 Å².